The van der Waals surface area contributed by atoms with E-state index < -0.39 is 6.04 Å². The van der Waals surface area contributed by atoms with Crippen molar-refractivity contribution in [2.24, 2.45) is 5.92 Å². The van der Waals surface area contributed by atoms with Crippen LogP contribution in [-0.2, 0) is 9.59 Å². The van der Waals surface area contributed by atoms with E-state index in [0.717, 1.165) is 31.5 Å². The number of amides is 2. The lowest BCUT2D eigenvalue weighted by Gasteiger charge is -2.37. The number of rotatable bonds is 6. The summed E-state index contributed by atoms with van der Waals surface area (Å²) in [6, 6.07) is 15.0. The van der Waals surface area contributed by atoms with Gasteiger partial charge < -0.3 is 10.6 Å². The molecule has 1 saturated heterocycles. The number of likely N-dealkylation sites (tertiary alicyclic amines) is 1. The second kappa shape index (κ2) is 9.46. The summed E-state index contributed by atoms with van der Waals surface area (Å²) < 4.78 is 13.2. The molecule has 5 nitrogen and oxygen atoms in total. The topological polar surface area (TPSA) is 61.4 Å². The van der Waals surface area contributed by atoms with E-state index in [0.29, 0.717) is 18.2 Å². The van der Waals surface area contributed by atoms with Crippen LogP contribution >= 0.6 is 0 Å². The number of hydrogen-bond donors (Lipinski definition) is 2. The number of nitrogens with zero attached hydrogens (tertiary/aromatic N) is 1. The average Bonchev–Trinajstić information content (AvgIpc) is 2.69. The molecule has 6 heteroatoms. The van der Waals surface area contributed by atoms with E-state index in [1.807, 2.05) is 30.3 Å². The summed E-state index contributed by atoms with van der Waals surface area (Å²) in [5, 5.41) is 5.80. The summed E-state index contributed by atoms with van der Waals surface area (Å²) in [6.45, 7) is 3.68. The van der Waals surface area contributed by atoms with Gasteiger partial charge in [-0.1, -0.05) is 30.3 Å². The van der Waals surface area contributed by atoms with Gasteiger partial charge in [0.05, 0.1) is 0 Å². The number of piperidine rings is 1. The summed E-state index contributed by atoms with van der Waals surface area (Å²) in [6.07, 6.45) is 2.00. The average molecular weight is 383 g/mol. The van der Waals surface area contributed by atoms with E-state index >= 15 is 0 Å². The highest BCUT2D eigenvalue weighted by Crippen LogP contribution is 2.28. The van der Waals surface area contributed by atoms with Crippen molar-refractivity contribution >= 4 is 17.5 Å². The number of hydrogen-bond acceptors (Lipinski definition) is 3. The molecule has 0 radical (unpaired) electrons. The standard InChI is InChI=1S/C22H26FN3O2/c1-16(27)24-14-17-6-5-13-26(15-17)21(18-7-3-2-4-8-18)22(28)25-20-11-9-19(23)10-12-20/h2-4,7-12,17,21H,5-6,13-15H2,1H3,(H,24,27)(H,25,28)/t17-,21+/m0/s1. The van der Waals surface area contributed by atoms with E-state index in [1.54, 1.807) is 12.1 Å². The predicted octanol–water partition coefficient (Wildman–Crippen LogP) is 3.35. The molecule has 1 heterocycles. The largest absolute Gasteiger partial charge is 0.356 e. The second-order valence-corrected chi connectivity index (χ2v) is 7.25. The molecule has 0 aromatic heterocycles. The lowest BCUT2D eigenvalue weighted by atomic mass is 9.94. The smallest absolute Gasteiger partial charge is 0.246 e. The molecule has 1 aliphatic rings. The van der Waals surface area contributed by atoms with Crippen molar-refractivity contribution < 1.29 is 14.0 Å². The third-order valence-electron chi connectivity index (χ3n) is 5.03. The van der Waals surface area contributed by atoms with E-state index in [-0.39, 0.29) is 17.6 Å². The molecule has 0 saturated carbocycles. The monoisotopic (exact) mass is 383 g/mol. The quantitative estimate of drug-likeness (QED) is 0.804. The van der Waals surface area contributed by atoms with Gasteiger partial charge in [-0.2, -0.15) is 0 Å². The van der Waals surface area contributed by atoms with Crippen molar-refractivity contribution in [1.29, 1.82) is 0 Å². The molecule has 2 aromatic carbocycles. The van der Waals surface area contributed by atoms with Crippen LogP contribution in [0.25, 0.3) is 0 Å². The van der Waals surface area contributed by atoms with E-state index in [9.17, 15) is 14.0 Å². The number of carbonyl (C=O) groups is 2. The van der Waals surface area contributed by atoms with Crippen LogP contribution in [-0.4, -0.2) is 36.3 Å². The SMILES string of the molecule is CC(=O)NC[C@@H]1CCCN([C@@H](C(=O)Nc2ccc(F)cc2)c2ccccc2)C1. The van der Waals surface area contributed by atoms with Crippen LogP contribution in [0.3, 0.4) is 0 Å². The molecule has 0 spiro atoms. The molecule has 1 aliphatic heterocycles. The van der Waals surface area contributed by atoms with Gasteiger partial charge in [0.15, 0.2) is 0 Å². The first-order chi connectivity index (χ1) is 13.5. The van der Waals surface area contributed by atoms with Crippen LogP contribution in [0, 0.1) is 11.7 Å². The first kappa shape index (κ1) is 20.0. The summed E-state index contributed by atoms with van der Waals surface area (Å²) in [5.41, 5.74) is 1.49. The Kier molecular flexibility index (Phi) is 6.76. The minimum absolute atomic E-state index is 0.0363. The zero-order chi connectivity index (χ0) is 19.9. The van der Waals surface area contributed by atoms with E-state index in [2.05, 4.69) is 15.5 Å². The van der Waals surface area contributed by atoms with Gasteiger partial charge in [-0.15, -0.1) is 0 Å². The normalized spacial score (nSPS) is 18.3. The highest BCUT2D eigenvalue weighted by atomic mass is 19.1. The predicted molar refractivity (Wildman–Crippen MR) is 107 cm³/mol. The zero-order valence-corrected chi connectivity index (χ0v) is 16.0. The molecule has 0 unspecified atom stereocenters. The number of anilines is 1. The second-order valence-electron chi connectivity index (χ2n) is 7.25. The summed E-state index contributed by atoms with van der Waals surface area (Å²) >= 11 is 0. The van der Waals surface area contributed by atoms with Gasteiger partial charge >= 0.3 is 0 Å². The van der Waals surface area contributed by atoms with Crippen LogP contribution in [0.15, 0.2) is 54.6 Å². The maximum Gasteiger partial charge on any atom is 0.246 e. The molecule has 1 fully saturated rings. The minimum atomic E-state index is -0.439. The highest BCUT2D eigenvalue weighted by molar-refractivity contribution is 5.95. The Labute approximate surface area is 164 Å². The van der Waals surface area contributed by atoms with Crippen molar-refractivity contribution in [3.63, 3.8) is 0 Å². The van der Waals surface area contributed by atoms with Gasteiger partial charge in [0, 0.05) is 25.7 Å². The van der Waals surface area contributed by atoms with Crippen molar-refractivity contribution in [1.82, 2.24) is 10.2 Å². The molecular weight excluding hydrogens is 357 g/mol. The molecule has 28 heavy (non-hydrogen) atoms. The molecular formula is C22H26FN3O2. The molecule has 0 bridgehead atoms. The van der Waals surface area contributed by atoms with Crippen LogP contribution < -0.4 is 10.6 Å². The Morgan fingerprint density at radius 1 is 1.14 bits per heavy atom. The number of carbonyl (C=O) groups excluding carboxylic acids is 2. The van der Waals surface area contributed by atoms with Crippen LogP contribution in [0.1, 0.15) is 31.4 Å². The van der Waals surface area contributed by atoms with Crippen LogP contribution in [0.2, 0.25) is 0 Å². The van der Waals surface area contributed by atoms with Gasteiger partial charge in [0.25, 0.3) is 0 Å². The van der Waals surface area contributed by atoms with Gasteiger partial charge in [-0.25, -0.2) is 4.39 Å². The lowest BCUT2D eigenvalue weighted by Crippen LogP contribution is -2.45. The van der Waals surface area contributed by atoms with Gasteiger partial charge in [0.1, 0.15) is 11.9 Å². The summed E-state index contributed by atoms with van der Waals surface area (Å²) in [5.74, 6) is -0.208. The van der Waals surface area contributed by atoms with Gasteiger partial charge in [0.2, 0.25) is 11.8 Å². The van der Waals surface area contributed by atoms with Gasteiger partial charge in [-0.3, -0.25) is 14.5 Å². The van der Waals surface area contributed by atoms with Gasteiger partial charge in [-0.05, 0) is 55.1 Å². The van der Waals surface area contributed by atoms with Crippen LogP contribution in [0.4, 0.5) is 10.1 Å². The first-order valence-electron chi connectivity index (χ1n) is 9.63. The maximum atomic E-state index is 13.2. The molecule has 0 aliphatic carbocycles. The number of benzene rings is 2. The molecule has 2 atom stereocenters. The fraction of sp³-hybridized carbons (Fsp3) is 0.364. The lowest BCUT2D eigenvalue weighted by molar-refractivity contribution is -0.123. The molecule has 2 N–H and O–H groups in total. The fourth-order valence-electron chi connectivity index (χ4n) is 3.69. The molecule has 3 rings (SSSR count). The Bertz CT molecular complexity index is 795. The Balaban J connectivity index is 1.77. The molecule has 148 valence electrons. The van der Waals surface area contributed by atoms with E-state index in [4.69, 9.17) is 0 Å². The molecule has 2 aromatic rings. The fourth-order valence-corrected chi connectivity index (χ4v) is 3.69. The zero-order valence-electron chi connectivity index (χ0n) is 16.0. The maximum absolute atomic E-state index is 13.2. The van der Waals surface area contributed by atoms with Crippen molar-refractivity contribution in [3.05, 3.63) is 66.0 Å². The Morgan fingerprint density at radius 3 is 2.54 bits per heavy atom. The highest BCUT2D eigenvalue weighted by Gasteiger charge is 2.31. The van der Waals surface area contributed by atoms with E-state index in [1.165, 1.54) is 19.1 Å². The third kappa shape index (κ3) is 5.39. The van der Waals surface area contributed by atoms with Crippen molar-refractivity contribution in [2.45, 2.75) is 25.8 Å². The molecule has 2 amide bonds. The number of halogens is 1. The number of nitrogens with one attached hydrogen (secondary N) is 2. The van der Waals surface area contributed by atoms with Crippen LogP contribution in [0.5, 0.6) is 0 Å². The summed E-state index contributed by atoms with van der Waals surface area (Å²) in [4.78, 5) is 26.6. The first-order valence-corrected chi connectivity index (χ1v) is 9.63. The minimum Gasteiger partial charge on any atom is -0.356 e. The Morgan fingerprint density at radius 2 is 1.86 bits per heavy atom. The third-order valence-corrected chi connectivity index (χ3v) is 5.03. The summed E-state index contributed by atoms with van der Waals surface area (Å²) in [7, 11) is 0. The Hall–Kier alpha value is -2.73. The van der Waals surface area contributed by atoms with Crippen molar-refractivity contribution in [2.75, 3.05) is 25.0 Å². The van der Waals surface area contributed by atoms with Crippen molar-refractivity contribution in [3.8, 4) is 0 Å².